The van der Waals surface area contributed by atoms with E-state index >= 15 is 0 Å². The van der Waals surface area contributed by atoms with Gasteiger partial charge < -0.3 is 10.6 Å². The Morgan fingerprint density at radius 1 is 1.39 bits per heavy atom. The molecule has 1 amide bonds. The number of hydrogen-bond acceptors (Lipinski definition) is 2. The second-order valence-corrected chi connectivity index (χ2v) is 5.20. The second kappa shape index (κ2) is 6.55. The molecule has 1 aromatic carbocycles. The lowest BCUT2D eigenvalue weighted by Crippen LogP contribution is -2.37. The molecule has 1 saturated heterocycles. The molecule has 0 aromatic heterocycles. The second-order valence-electron chi connectivity index (χ2n) is 5.20. The van der Waals surface area contributed by atoms with Crippen LogP contribution in [-0.2, 0) is 11.3 Å². The maximum atomic E-state index is 11.9. The molecule has 18 heavy (non-hydrogen) atoms. The zero-order valence-corrected chi connectivity index (χ0v) is 11.0. The molecular formula is C15H22N2O. The summed E-state index contributed by atoms with van der Waals surface area (Å²) in [6, 6.07) is 10.1. The number of carbonyl (C=O) groups excluding carboxylic acids is 1. The zero-order valence-electron chi connectivity index (χ0n) is 11.0. The summed E-state index contributed by atoms with van der Waals surface area (Å²) in [5, 5.41) is 6.37. The average molecular weight is 246 g/mol. The molecular weight excluding hydrogens is 224 g/mol. The van der Waals surface area contributed by atoms with Crippen LogP contribution in [0, 0.1) is 11.8 Å². The summed E-state index contributed by atoms with van der Waals surface area (Å²) in [6.45, 7) is 4.94. The molecule has 1 aliphatic rings. The van der Waals surface area contributed by atoms with E-state index in [0.29, 0.717) is 24.8 Å². The maximum absolute atomic E-state index is 11.9. The molecule has 3 nitrogen and oxygen atoms in total. The molecule has 1 heterocycles. The number of nitrogens with one attached hydrogen (secondary N) is 2. The smallest absolute Gasteiger partial charge is 0.220 e. The Labute approximate surface area is 109 Å². The Hall–Kier alpha value is -1.35. The molecule has 0 spiro atoms. The number of piperidine rings is 1. The van der Waals surface area contributed by atoms with Crippen molar-refractivity contribution in [2.75, 3.05) is 13.1 Å². The van der Waals surface area contributed by atoms with Crippen LogP contribution in [0.15, 0.2) is 30.3 Å². The summed E-state index contributed by atoms with van der Waals surface area (Å²) in [5.41, 5.74) is 1.16. The first-order chi connectivity index (χ1) is 8.75. The monoisotopic (exact) mass is 246 g/mol. The van der Waals surface area contributed by atoms with E-state index in [1.165, 1.54) is 0 Å². The Morgan fingerprint density at radius 3 is 2.89 bits per heavy atom. The third-order valence-electron chi connectivity index (χ3n) is 3.74. The van der Waals surface area contributed by atoms with Gasteiger partial charge >= 0.3 is 0 Å². The summed E-state index contributed by atoms with van der Waals surface area (Å²) < 4.78 is 0. The zero-order chi connectivity index (χ0) is 12.8. The molecule has 1 fully saturated rings. The Morgan fingerprint density at radius 2 is 2.17 bits per heavy atom. The van der Waals surface area contributed by atoms with Gasteiger partial charge in [0.05, 0.1) is 0 Å². The first kappa shape index (κ1) is 13.1. The lowest BCUT2D eigenvalue weighted by atomic mass is 9.85. The lowest BCUT2D eigenvalue weighted by molar-refractivity contribution is -0.122. The minimum absolute atomic E-state index is 0.178. The third-order valence-corrected chi connectivity index (χ3v) is 3.74. The van der Waals surface area contributed by atoms with Gasteiger partial charge in [0, 0.05) is 13.0 Å². The van der Waals surface area contributed by atoms with Crippen LogP contribution in [-0.4, -0.2) is 19.0 Å². The predicted octanol–water partition coefficient (Wildman–Crippen LogP) is 1.94. The highest BCUT2D eigenvalue weighted by atomic mass is 16.1. The van der Waals surface area contributed by atoms with Crippen LogP contribution in [0.5, 0.6) is 0 Å². The Bertz CT molecular complexity index is 377. The van der Waals surface area contributed by atoms with E-state index in [1.807, 2.05) is 30.3 Å². The fourth-order valence-corrected chi connectivity index (χ4v) is 2.48. The number of hydrogen-bond donors (Lipinski definition) is 2. The number of rotatable bonds is 4. The molecule has 0 saturated carbocycles. The van der Waals surface area contributed by atoms with E-state index in [2.05, 4.69) is 17.6 Å². The van der Waals surface area contributed by atoms with Crippen molar-refractivity contribution in [1.29, 1.82) is 0 Å². The van der Waals surface area contributed by atoms with Gasteiger partial charge in [-0.1, -0.05) is 37.3 Å². The van der Waals surface area contributed by atoms with Crippen LogP contribution in [0.3, 0.4) is 0 Å². The fourth-order valence-electron chi connectivity index (χ4n) is 2.48. The van der Waals surface area contributed by atoms with E-state index in [-0.39, 0.29) is 5.91 Å². The summed E-state index contributed by atoms with van der Waals surface area (Å²) in [5.74, 6) is 1.31. The molecule has 0 radical (unpaired) electrons. The van der Waals surface area contributed by atoms with Crippen molar-refractivity contribution >= 4 is 5.91 Å². The van der Waals surface area contributed by atoms with Crippen LogP contribution in [0.2, 0.25) is 0 Å². The minimum Gasteiger partial charge on any atom is -0.352 e. The standard InChI is InChI=1S/C15H22N2O/c1-12-10-16-8-7-14(12)9-15(18)17-11-13-5-3-2-4-6-13/h2-6,12,14,16H,7-11H2,1H3,(H,17,18)/t12-,14+/m1/s1. The fraction of sp³-hybridized carbons (Fsp3) is 0.533. The van der Waals surface area contributed by atoms with Gasteiger partial charge in [-0.2, -0.15) is 0 Å². The molecule has 3 heteroatoms. The molecule has 2 N–H and O–H groups in total. The highest BCUT2D eigenvalue weighted by molar-refractivity contribution is 5.76. The molecule has 0 aliphatic carbocycles. The highest BCUT2D eigenvalue weighted by Gasteiger charge is 2.23. The van der Waals surface area contributed by atoms with Gasteiger partial charge in [-0.05, 0) is 36.9 Å². The quantitative estimate of drug-likeness (QED) is 0.852. The summed E-state index contributed by atoms with van der Waals surface area (Å²) >= 11 is 0. The number of carbonyl (C=O) groups is 1. The van der Waals surface area contributed by atoms with E-state index in [0.717, 1.165) is 25.1 Å². The number of amides is 1. The largest absolute Gasteiger partial charge is 0.352 e. The summed E-state index contributed by atoms with van der Waals surface area (Å²) in [6.07, 6.45) is 1.77. The van der Waals surface area contributed by atoms with Crippen molar-refractivity contribution in [3.05, 3.63) is 35.9 Å². The van der Waals surface area contributed by atoms with Crippen LogP contribution in [0.1, 0.15) is 25.3 Å². The van der Waals surface area contributed by atoms with E-state index in [1.54, 1.807) is 0 Å². The minimum atomic E-state index is 0.178. The highest BCUT2D eigenvalue weighted by Crippen LogP contribution is 2.21. The van der Waals surface area contributed by atoms with Gasteiger partial charge in [-0.15, -0.1) is 0 Å². The molecule has 1 aromatic rings. The molecule has 2 rings (SSSR count). The van der Waals surface area contributed by atoms with Gasteiger partial charge in [0.2, 0.25) is 5.91 Å². The Kier molecular flexibility index (Phi) is 4.76. The molecule has 98 valence electrons. The van der Waals surface area contributed by atoms with Crippen molar-refractivity contribution in [2.24, 2.45) is 11.8 Å². The van der Waals surface area contributed by atoms with Crippen LogP contribution in [0.4, 0.5) is 0 Å². The van der Waals surface area contributed by atoms with Gasteiger partial charge in [-0.25, -0.2) is 0 Å². The normalized spacial score (nSPS) is 23.6. The Balaban J connectivity index is 1.75. The number of benzene rings is 1. The summed E-state index contributed by atoms with van der Waals surface area (Å²) in [7, 11) is 0. The first-order valence-electron chi connectivity index (χ1n) is 6.77. The van der Waals surface area contributed by atoms with Gasteiger partial charge in [0.15, 0.2) is 0 Å². The first-order valence-corrected chi connectivity index (χ1v) is 6.77. The lowest BCUT2D eigenvalue weighted by Gasteiger charge is -2.28. The molecule has 1 aliphatic heterocycles. The molecule has 0 bridgehead atoms. The third kappa shape index (κ3) is 3.84. The SMILES string of the molecule is C[C@@H]1CNCC[C@H]1CC(=O)NCc1ccccc1. The van der Waals surface area contributed by atoms with Crippen LogP contribution >= 0.6 is 0 Å². The van der Waals surface area contributed by atoms with Crippen LogP contribution < -0.4 is 10.6 Å². The maximum Gasteiger partial charge on any atom is 0.220 e. The van der Waals surface area contributed by atoms with Crippen molar-refractivity contribution in [3.8, 4) is 0 Å². The predicted molar refractivity (Wildman–Crippen MR) is 73.0 cm³/mol. The van der Waals surface area contributed by atoms with Crippen molar-refractivity contribution in [1.82, 2.24) is 10.6 Å². The van der Waals surface area contributed by atoms with Gasteiger partial charge in [0.25, 0.3) is 0 Å². The topological polar surface area (TPSA) is 41.1 Å². The van der Waals surface area contributed by atoms with Crippen molar-refractivity contribution in [3.63, 3.8) is 0 Å². The average Bonchev–Trinajstić information content (AvgIpc) is 2.40. The van der Waals surface area contributed by atoms with E-state index in [9.17, 15) is 4.79 Å². The van der Waals surface area contributed by atoms with Crippen molar-refractivity contribution < 1.29 is 4.79 Å². The van der Waals surface area contributed by atoms with Gasteiger partial charge in [0.1, 0.15) is 0 Å². The van der Waals surface area contributed by atoms with Gasteiger partial charge in [-0.3, -0.25) is 4.79 Å². The van der Waals surface area contributed by atoms with Crippen LogP contribution in [0.25, 0.3) is 0 Å². The molecule has 2 atom stereocenters. The molecule has 0 unspecified atom stereocenters. The summed E-state index contributed by atoms with van der Waals surface area (Å²) in [4.78, 5) is 11.9. The van der Waals surface area contributed by atoms with Crippen molar-refractivity contribution in [2.45, 2.75) is 26.3 Å². The van der Waals surface area contributed by atoms with E-state index in [4.69, 9.17) is 0 Å². The van der Waals surface area contributed by atoms with E-state index < -0.39 is 0 Å².